The molecule has 0 rings (SSSR count). The van der Waals surface area contributed by atoms with Gasteiger partial charge in [-0.2, -0.15) is 0 Å². The minimum Gasteiger partial charge on any atom is -0.396 e. The van der Waals surface area contributed by atoms with Gasteiger partial charge >= 0.3 is 0 Å². The van der Waals surface area contributed by atoms with Crippen molar-refractivity contribution in [2.24, 2.45) is 5.73 Å². The minimum absolute atomic E-state index is 0.314. The fraction of sp³-hybridized carbons (Fsp3) is 1.00. The van der Waals surface area contributed by atoms with E-state index < -0.39 is 0 Å². The summed E-state index contributed by atoms with van der Waals surface area (Å²) in [6.45, 7) is 2.65. The summed E-state index contributed by atoms with van der Waals surface area (Å²) in [6, 6.07) is 0. The van der Waals surface area contributed by atoms with Crippen molar-refractivity contribution in [3.05, 3.63) is 0 Å². The molecule has 0 unspecified atom stereocenters. The third kappa shape index (κ3) is 9.88. The number of aliphatic hydroxyl groups excluding tert-OH is 1. The second kappa shape index (κ2) is 10.9. The number of aliphatic hydroxyl groups is 1. The minimum atomic E-state index is 0.314. The predicted molar refractivity (Wildman–Crippen MR) is 50.0 cm³/mol. The van der Waals surface area contributed by atoms with Crippen molar-refractivity contribution in [3.63, 3.8) is 0 Å². The Morgan fingerprint density at radius 2 is 1.58 bits per heavy atom. The first kappa shape index (κ1) is 11.9. The van der Waals surface area contributed by atoms with Crippen LogP contribution in [0.1, 0.15) is 32.1 Å². The molecule has 3 heteroatoms. The van der Waals surface area contributed by atoms with Gasteiger partial charge in [-0.05, 0) is 25.8 Å². The van der Waals surface area contributed by atoms with E-state index in [1.54, 1.807) is 0 Å². The SMILES string of the molecule is NCCCOCCCCCCO. The average Bonchev–Trinajstić information content (AvgIpc) is 2.10. The number of ether oxygens (including phenoxy) is 1. The van der Waals surface area contributed by atoms with Gasteiger partial charge in [0.25, 0.3) is 0 Å². The molecule has 3 N–H and O–H groups in total. The summed E-state index contributed by atoms with van der Waals surface area (Å²) < 4.78 is 5.31. The van der Waals surface area contributed by atoms with Gasteiger partial charge in [0.1, 0.15) is 0 Å². The number of nitrogens with two attached hydrogens (primary N) is 1. The van der Waals surface area contributed by atoms with E-state index in [0.717, 1.165) is 45.3 Å². The second-order valence-corrected chi connectivity index (χ2v) is 2.89. The molecule has 0 fully saturated rings. The highest BCUT2D eigenvalue weighted by Gasteiger charge is 1.89. The summed E-state index contributed by atoms with van der Waals surface area (Å²) in [6.07, 6.45) is 5.24. The van der Waals surface area contributed by atoms with Crippen molar-refractivity contribution in [1.82, 2.24) is 0 Å². The van der Waals surface area contributed by atoms with Crippen molar-refractivity contribution >= 4 is 0 Å². The summed E-state index contributed by atoms with van der Waals surface area (Å²) in [7, 11) is 0. The highest BCUT2D eigenvalue weighted by atomic mass is 16.5. The quantitative estimate of drug-likeness (QED) is 0.512. The molecule has 0 saturated heterocycles. The number of hydrogen-bond acceptors (Lipinski definition) is 3. The van der Waals surface area contributed by atoms with E-state index in [4.69, 9.17) is 15.6 Å². The third-order valence-electron chi connectivity index (χ3n) is 1.69. The van der Waals surface area contributed by atoms with Gasteiger partial charge in [0.05, 0.1) is 0 Å². The Morgan fingerprint density at radius 1 is 0.917 bits per heavy atom. The van der Waals surface area contributed by atoms with Gasteiger partial charge in [-0.15, -0.1) is 0 Å². The zero-order valence-corrected chi connectivity index (χ0v) is 7.80. The monoisotopic (exact) mass is 175 g/mol. The molecule has 0 saturated carbocycles. The van der Waals surface area contributed by atoms with Crippen LogP contribution in [0.3, 0.4) is 0 Å². The topological polar surface area (TPSA) is 55.5 Å². The molecule has 0 atom stereocenters. The van der Waals surface area contributed by atoms with Crippen LogP contribution in [-0.4, -0.2) is 31.5 Å². The first-order chi connectivity index (χ1) is 5.91. The standard InChI is InChI=1S/C9H21NO2/c10-6-5-9-12-8-4-2-1-3-7-11/h11H,1-10H2. The number of unbranched alkanes of at least 4 members (excludes halogenated alkanes) is 3. The molecule has 3 nitrogen and oxygen atoms in total. The van der Waals surface area contributed by atoms with E-state index in [0.29, 0.717) is 13.2 Å². The van der Waals surface area contributed by atoms with E-state index in [9.17, 15) is 0 Å². The van der Waals surface area contributed by atoms with Gasteiger partial charge in [0, 0.05) is 19.8 Å². The van der Waals surface area contributed by atoms with Gasteiger partial charge in [-0.1, -0.05) is 12.8 Å². The molecule has 12 heavy (non-hydrogen) atoms. The molecular formula is C9H21NO2. The van der Waals surface area contributed by atoms with Crippen molar-refractivity contribution in [2.45, 2.75) is 32.1 Å². The average molecular weight is 175 g/mol. The lowest BCUT2D eigenvalue weighted by molar-refractivity contribution is 0.128. The van der Waals surface area contributed by atoms with Crippen LogP contribution in [0.15, 0.2) is 0 Å². The van der Waals surface area contributed by atoms with Crippen molar-refractivity contribution in [3.8, 4) is 0 Å². The number of hydrogen-bond donors (Lipinski definition) is 2. The lowest BCUT2D eigenvalue weighted by Gasteiger charge is -2.02. The summed E-state index contributed by atoms with van der Waals surface area (Å²) in [5, 5.41) is 8.49. The van der Waals surface area contributed by atoms with Crippen LogP contribution in [0.5, 0.6) is 0 Å². The Hall–Kier alpha value is -0.120. The molecule has 0 heterocycles. The zero-order valence-electron chi connectivity index (χ0n) is 7.80. The summed E-state index contributed by atoms with van der Waals surface area (Å²) >= 11 is 0. The molecule has 74 valence electrons. The molecule has 0 aromatic rings. The van der Waals surface area contributed by atoms with Crippen molar-refractivity contribution < 1.29 is 9.84 Å². The van der Waals surface area contributed by atoms with Crippen LogP contribution in [0, 0.1) is 0 Å². The number of rotatable bonds is 9. The maximum Gasteiger partial charge on any atom is 0.0478 e. The third-order valence-corrected chi connectivity index (χ3v) is 1.69. The molecule has 0 aromatic carbocycles. The van der Waals surface area contributed by atoms with Crippen LogP contribution in [-0.2, 0) is 4.74 Å². The van der Waals surface area contributed by atoms with Crippen LogP contribution in [0.4, 0.5) is 0 Å². The van der Waals surface area contributed by atoms with Gasteiger partial charge in [-0.25, -0.2) is 0 Å². The van der Waals surface area contributed by atoms with Crippen LogP contribution >= 0.6 is 0 Å². The van der Waals surface area contributed by atoms with E-state index in [1.165, 1.54) is 0 Å². The van der Waals surface area contributed by atoms with Crippen LogP contribution in [0.2, 0.25) is 0 Å². The zero-order chi connectivity index (χ0) is 9.07. The molecule has 0 aliphatic carbocycles. The highest BCUT2D eigenvalue weighted by molar-refractivity contribution is 4.42. The van der Waals surface area contributed by atoms with Crippen LogP contribution in [0.25, 0.3) is 0 Å². The van der Waals surface area contributed by atoms with Crippen molar-refractivity contribution in [2.75, 3.05) is 26.4 Å². The van der Waals surface area contributed by atoms with E-state index >= 15 is 0 Å². The molecule has 0 radical (unpaired) electrons. The predicted octanol–water partition coefficient (Wildman–Crippen LogP) is 0.904. The van der Waals surface area contributed by atoms with E-state index in [2.05, 4.69) is 0 Å². The molecule has 0 spiro atoms. The summed E-state index contributed by atoms with van der Waals surface area (Å²) in [5.41, 5.74) is 5.30. The van der Waals surface area contributed by atoms with Gasteiger partial charge in [0.2, 0.25) is 0 Å². The Balaban J connectivity index is 2.73. The van der Waals surface area contributed by atoms with Gasteiger partial charge in [0.15, 0.2) is 0 Å². The molecule has 0 aromatic heterocycles. The van der Waals surface area contributed by atoms with Gasteiger partial charge < -0.3 is 15.6 Å². The van der Waals surface area contributed by atoms with Gasteiger partial charge in [-0.3, -0.25) is 0 Å². The molecule has 0 amide bonds. The molecule has 0 aliphatic rings. The summed E-state index contributed by atoms with van der Waals surface area (Å²) in [4.78, 5) is 0. The maximum atomic E-state index is 8.49. The van der Waals surface area contributed by atoms with E-state index in [1.807, 2.05) is 0 Å². The smallest absolute Gasteiger partial charge is 0.0478 e. The highest BCUT2D eigenvalue weighted by Crippen LogP contribution is 1.99. The first-order valence-corrected chi connectivity index (χ1v) is 4.80. The molecule has 0 aliphatic heterocycles. The fourth-order valence-electron chi connectivity index (χ4n) is 0.957. The Bertz CT molecular complexity index is 68.9. The first-order valence-electron chi connectivity index (χ1n) is 4.80. The second-order valence-electron chi connectivity index (χ2n) is 2.89. The normalized spacial score (nSPS) is 10.5. The fourth-order valence-corrected chi connectivity index (χ4v) is 0.957. The maximum absolute atomic E-state index is 8.49. The Labute approximate surface area is 74.9 Å². The van der Waals surface area contributed by atoms with Crippen LogP contribution < -0.4 is 5.73 Å². The van der Waals surface area contributed by atoms with Crippen molar-refractivity contribution in [1.29, 1.82) is 0 Å². The van der Waals surface area contributed by atoms with E-state index in [-0.39, 0.29) is 0 Å². The largest absolute Gasteiger partial charge is 0.396 e. The Morgan fingerprint density at radius 3 is 2.25 bits per heavy atom. The molecule has 0 bridgehead atoms. The lowest BCUT2D eigenvalue weighted by atomic mass is 10.2. The Kier molecular flexibility index (Phi) is 10.8. The summed E-state index contributed by atoms with van der Waals surface area (Å²) in [5.74, 6) is 0. The lowest BCUT2D eigenvalue weighted by Crippen LogP contribution is -2.05. The molecular weight excluding hydrogens is 154 g/mol.